The van der Waals surface area contributed by atoms with Crippen molar-refractivity contribution in [1.29, 1.82) is 5.41 Å². The number of nitrogens with one attached hydrogen (secondary N) is 2. The maximum absolute atomic E-state index is 12.5. The standard InChI is InChI=1S/C24H24N4O2S/c25-24(26)19-10-8-18(9-11-19)5-4-15-28-16-14-20-17-21(12-13-23(20)28)27-31(29,30)22-6-2-1-3-7-22/h1-3,6-14,16-17,27H,4-5,15H2,(H3,25,26). The summed E-state index contributed by atoms with van der Waals surface area (Å²) < 4.78 is 29.9. The third-order valence-electron chi connectivity index (χ3n) is 5.21. The number of nitrogens with two attached hydrogens (primary N) is 1. The minimum Gasteiger partial charge on any atom is -0.384 e. The molecule has 31 heavy (non-hydrogen) atoms. The monoisotopic (exact) mass is 432 g/mol. The van der Waals surface area contributed by atoms with Crippen LogP contribution in [-0.2, 0) is 23.0 Å². The second kappa shape index (κ2) is 8.65. The van der Waals surface area contributed by atoms with Crippen molar-refractivity contribution in [3.05, 3.63) is 96.2 Å². The maximum atomic E-state index is 12.5. The Morgan fingerprint density at radius 1 is 0.968 bits per heavy atom. The van der Waals surface area contributed by atoms with E-state index in [1.165, 1.54) is 5.56 Å². The molecule has 0 unspecified atom stereocenters. The van der Waals surface area contributed by atoms with E-state index in [4.69, 9.17) is 11.1 Å². The molecule has 0 aliphatic carbocycles. The summed E-state index contributed by atoms with van der Waals surface area (Å²) in [6, 6.07) is 23.7. The van der Waals surface area contributed by atoms with Crippen LogP contribution in [0, 0.1) is 5.41 Å². The molecule has 0 spiro atoms. The fraction of sp³-hybridized carbons (Fsp3) is 0.125. The van der Waals surface area contributed by atoms with Gasteiger partial charge >= 0.3 is 0 Å². The van der Waals surface area contributed by atoms with E-state index in [0.29, 0.717) is 5.69 Å². The van der Waals surface area contributed by atoms with E-state index in [9.17, 15) is 8.42 Å². The zero-order chi connectivity index (χ0) is 21.8. The van der Waals surface area contributed by atoms with Crippen LogP contribution in [0.15, 0.2) is 90.0 Å². The number of fused-ring (bicyclic) bond motifs is 1. The Kier molecular flexibility index (Phi) is 5.77. The summed E-state index contributed by atoms with van der Waals surface area (Å²) in [7, 11) is -3.61. The second-order valence-corrected chi connectivity index (χ2v) is 9.10. The Hall–Kier alpha value is -3.58. The van der Waals surface area contributed by atoms with E-state index < -0.39 is 10.0 Å². The summed E-state index contributed by atoms with van der Waals surface area (Å²) in [6.07, 6.45) is 3.91. The van der Waals surface area contributed by atoms with Gasteiger partial charge in [-0.25, -0.2) is 8.42 Å². The van der Waals surface area contributed by atoms with Crippen LogP contribution in [0.2, 0.25) is 0 Å². The quantitative estimate of drug-likeness (QED) is 0.285. The molecule has 3 aromatic carbocycles. The van der Waals surface area contributed by atoms with Gasteiger partial charge in [-0.15, -0.1) is 0 Å². The molecular weight excluding hydrogens is 408 g/mol. The van der Waals surface area contributed by atoms with E-state index in [-0.39, 0.29) is 10.7 Å². The molecule has 0 atom stereocenters. The smallest absolute Gasteiger partial charge is 0.261 e. The first kappa shape index (κ1) is 20.7. The lowest BCUT2D eigenvalue weighted by Crippen LogP contribution is -2.12. The van der Waals surface area contributed by atoms with Crippen molar-refractivity contribution in [3.8, 4) is 0 Å². The van der Waals surface area contributed by atoms with Crippen molar-refractivity contribution in [2.24, 2.45) is 5.73 Å². The lowest BCUT2D eigenvalue weighted by molar-refractivity contribution is 0.601. The number of benzene rings is 3. The fourth-order valence-corrected chi connectivity index (χ4v) is 4.65. The highest BCUT2D eigenvalue weighted by atomic mass is 32.2. The Bertz CT molecular complexity index is 1310. The van der Waals surface area contributed by atoms with Crippen molar-refractivity contribution in [3.63, 3.8) is 0 Å². The van der Waals surface area contributed by atoms with Gasteiger partial charge in [0.25, 0.3) is 10.0 Å². The van der Waals surface area contributed by atoms with Gasteiger partial charge in [0.05, 0.1) is 4.90 Å². The van der Waals surface area contributed by atoms with Crippen LogP contribution in [0.1, 0.15) is 17.5 Å². The van der Waals surface area contributed by atoms with Crippen LogP contribution in [0.4, 0.5) is 5.69 Å². The molecule has 0 saturated carbocycles. The molecular formula is C24H24N4O2S. The largest absolute Gasteiger partial charge is 0.384 e. The third kappa shape index (κ3) is 4.78. The third-order valence-corrected chi connectivity index (χ3v) is 6.60. The lowest BCUT2D eigenvalue weighted by atomic mass is 10.1. The molecule has 0 saturated heterocycles. The van der Waals surface area contributed by atoms with E-state index in [1.807, 2.05) is 48.7 Å². The van der Waals surface area contributed by atoms with E-state index in [2.05, 4.69) is 9.29 Å². The van der Waals surface area contributed by atoms with Gasteiger partial charge in [0, 0.05) is 34.9 Å². The number of nitrogens with zero attached hydrogens (tertiary/aromatic N) is 1. The number of nitrogen functional groups attached to an aromatic ring is 1. The SMILES string of the molecule is N=C(N)c1ccc(CCCn2ccc3cc(NS(=O)(=O)c4ccccc4)ccc32)cc1. The first-order valence-corrected chi connectivity index (χ1v) is 11.5. The molecule has 0 radical (unpaired) electrons. The number of anilines is 1. The topological polar surface area (TPSA) is 101 Å². The number of aryl methyl sites for hydroxylation is 2. The van der Waals surface area contributed by atoms with Gasteiger partial charge in [-0.3, -0.25) is 10.1 Å². The summed E-state index contributed by atoms with van der Waals surface area (Å²) >= 11 is 0. The molecule has 6 nitrogen and oxygen atoms in total. The van der Waals surface area contributed by atoms with Gasteiger partial charge in [-0.2, -0.15) is 0 Å². The first-order chi connectivity index (χ1) is 14.9. The highest BCUT2D eigenvalue weighted by Crippen LogP contribution is 2.23. The maximum Gasteiger partial charge on any atom is 0.261 e. The van der Waals surface area contributed by atoms with Gasteiger partial charge in [-0.1, -0.05) is 42.5 Å². The summed E-state index contributed by atoms with van der Waals surface area (Å²) in [4.78, 5) is 0.240. The van der Waals surface area contributed by atoms with Crippen molar-refractivity contribution >= 4 is 32.4 Å². The van der Waals surface area contributed by atoms with Gasteiger partial charge in [0.2, 0.25) is 0 Å². The normalized spacial score (nSPS) is 11.5. The molecule has 0 fully saturated rings. The van der Waals surface area contributed by atoms with Crippen molar-refractivity contribution in [1.82, 2.24) is 4.57 Å². The van der Waals surface area contributed by atoms with Crippen molar-refractivity contribution in [2.75, 3.05) is 4.72 Å². The average molecular weight is 433 g/mol. The minimum absolute atomic E-state index is 0.0794. The Morgan fingerprint density at radius 3 is 2.42 bits per heavy atom. The lowest BCUT2D eigenvalue weighted by Gasteiger charge is -2.09. The predicted octanol–water partition coefficient (Wildman–Crippen LogP) is 4.36. The zero-order valence-corrected chi connectivity index (χ0v) is 17.8. The molecule has 4 N–H and O–H groups in total. The van der Waals surface area contributed by atoms with Crippen LogP contribution in [-0.4, -0.2) is 18.8 Å². The van der Waals surface area contributed by atoms with Crippen molar-refractivity contribution < 1.29 is 8.42 Å². The number of hydrogen-bond acceptors (Lipinski definition) is 3. The summed E-state index contributed by atoms with van der Waals surface area (Å²) in [5, 5.41) is 8.44. The predicted molar refractivity (Wildman–Crippen MR) is 125 cm³/mol. The zero-order valence-electron chi connectivity index (χ0n) is 17.0. The fourth-order valence-electron chi connectivity index (χ4n) is 3.58. The van der Waals surface area contributed by atoms with Crippen LogP contribution >= 0.6 is 0 Å². The summed E-state index contributed by atoms with van der Waals surface area (Å²) in [6.45, 7) is 0.854. The molecule has 1 aromatic heterocycles. The van der Waals surface area contributed by atoms with Gasteiger partial charge in [-0.05, 0) is 54.8 Å². The highest BCUT2D eigenvalue weighted by Gasteiger charge is 2.14. The van der Waals surface area contributed by atoms with Crippen LogP contribution < -0.4 is 10.5 Å². The van der Waals surface area contributed by atoms with E-state index in [1.54, 1.807) is 36.4 Å². The van der Waals surface area contributed by atoms with E-state index in [0.717, 1.165) is 35.9 Å². The summed E-state index contributed by atoms with van der Waals surface area (Å²) in [5.41, 5.74) is 9.05. The van der Waals surface area contributed by atoms with Gasteiger partial charge in [0.15, 0.2) is 0 Å². The molecule has 7 heteroatoms. The number of amidine groups is 1. The van der Waals surface area contributed by atoms with Crippen molar-refractivity contribution in [2.45, 2.75) is 24.3 Å². The van der Waals surface area contributed by atoms with Crippen LogP contribution in [0.5, 0.6) is 0 Å². The molecule has 158 valence electrons. The molecule has 4 aromatic rings. The second-order valence-electron chi connectivity index (χ2n) is 7.42. The Morgan fingerprint density at radius 2 is 1.71 bits per heavy atom. The average Bonchev–Trinajstić information content (AvgIpc) is 3.16. The van der Waals surface area contributed by atoms with Crippen LogP contribution in [0.3, 0.4) is 0 Å². The first-order valence-electron chi connectivity index (χ1n) is 10.0. The molecule has 4 rings (SSSR count). The van der Waals surface area contributed by atoms with Gasteiger partial charge in [0.1, 0.15) is 5.84 Å². The number of hydrogen-bond donors (Lipinski definition) is 3. The molecule has 0 amide bonds. The number of rotatable bonds is 8. The molecule has 0 aliphatic heterocycles. The van der Waals surface area contributed by atoms with E-state index >= 15 is 0 Å². The molecule has 0 bridgehead atoms. The van der Waals surface area contributed by atoms with Gasteiger partial charge < -0.3 is 10.3 Å². The van der Waals surface area contributed by atoms with Crippen LogP contribution in [0.25, 0.3) is 10.9 Å². The molecule has 0 aliphatic rings. The Labute approximate surface area is 181 Å². The highest BCUT2D eigenvalue weighted by molar-refractivity contribution is 7.92. The Balaban J connectivity index is 1.42. The molecule has 1 heterocycles. The minimum atomic E-state index is -3.61. The number of sulfonamides is 1. The summed E-state index contributed by atoms with van der Waals surface area (Å²) in [5.74, 6) is 0.0794. The number of aromatic nitrogens is 1.